The van der Waals surface area contributed by atoms with Crippen LogP contribution in [0.15, 0.2) is 48.6 Å². The molecule has 0 bridgehead atoms. The molecule has 2 aromatic carbocycles. The number of piperazine rings is 1. The zero-order valence-electron chi connectivity index (χ0n) is 18.5. The van der Waals surface area contributed by atoms with E-state index < -0.39 is 0 Å². The van der Waals surface area contributed by atoms with Gasteiger partial charge in [0, 0.05) is 54.9 Å². The van der Waals surface area contributed by atoms with E-state index in [1.54, 1.807) is 34.1 Å². The highest BCUT2D eigenvalue weighted by molar-refractivity contribution is 6.37. The van der Waals surface area contributed by atoms with E-state index in [0.29, 0.717) is 65.2 Å². The van der Waals surface area contributed by atoms with Crippen LogP contribution in [0.4, 0.5) is 0 Å². The van der Waals surface area contributed by atoms with Crippen molar-refractivity contribution in [3.63, 3.8) is 0 Å². The van der Waals surface area contributed by atoms with E-state index >= 15 is 0 Å². The molecule has 0 spiro atoms. The largest absolute Gasteiger partial charge is 0.497 e. The third-order valence-electron chi connectivity index (χ3n) is 5.28. The van der Waals surface area contributed by atoms with Crippen LogP contribution in [0.3, 0.4) is 0 Å². The lowest BCUT2D eigenvalue weighted by atomic mass is 9.97. The van der Waals surface area contributed by atoms with Gasteiger partial charge in [0.15, 0.2) is 0 Å². The number of rotatable bonds is 6. The van der Waals surface area contributed by atoms with Crippen LogP contribution in [0.1, 0.15) is 10.4 Å². The molecule has 1 aliphatic rings. The van der Waals surface area contributed by atoms with E-state index in [2.05, 4.69) is 0 Å². The number of amides is 2. The van der Waals surface area contributed by atoms with Crippen LogP contribution in [0.25, 0.3) is 11.1 Å². The molecule has 6 nitrogen and oxygen atoms in total. The number of likely N-dealkylation sites (N-methyl/N-ethyl adjacent to an activating group) is 1. The smallest absolute Gasteiger partial charge is 0.254 e. The Morgan fingerprint density at radius 2 is 1.69 bits per heavy atom. The molecule has 1 aliphatic heterocycles. The molecule has 0 unspecified atom stereocenters. The number of benzene rings is 2. The third-order valence-corrected chi connectivity index (χ3v) is 5.91. The Kier molecular flexibility index (Phi) is 8.18. The highest BCUT2D eigenvalue weighted by Crippen LogP contribution is 2.39. The van der Waals surface area contributed by atoms with E-state index in [4.69, 9.17) is 27.9 Å². The van der Waals surface area contributed by atoms with Crippen LogP contribution < -0.4 is 4.74 Å². The van der Waals surface area contributed by atoms with Crippen LogP contribution in [-0.2, 0) is 4.79 Å². The Morgan fingerprint density at radius 3 is 2.31 bits per heavy atom. The second-order valence-electron chi connectivity index (χ2n) is 7.79. The van der Waals surface area contributed by atoms with Gasteiger partial charge in [-0.05, 0) is 32.3 Å². The number of ether oxygens (including phenoxy) is 1. The summed E-state index contributed by atoms with van der Waals surface area (Å²) in [6.07, 6.45) is 3.43. The lowest BCUT2D eigenvalue weighted by Gasteiger charge is -2.34. The van der Waals surface area contributed by atoms with Crippen molar-refractivity contribution < 1.29 is 14.3 Å². The number of carbonyl (C=O) groups excluding carboxylic acids is 2. The summed E-state index contributed by atoms with van der Waals surface area (Å²) in [4.78, 5) is 31.4. The minimum absolute atomic E-state index is 0.0415. The Labute approximate surface area is 198 Å². The van der Waals surface area contributed by atoms with Gasteiger partial charge in [-0.25, -0.2) is 0 Å². The molecule has 1 saturated heterocycles. The van der Waals surface area contributed by atoms with Gasteiger partial charge in [-0.2, -0.15) is 0 Å². The predicted octanol–water partition coefficient (Wildman–Crippen LogP) is 4.07. The normalized spacial score (nSPS) is 14.3. The topological polar surface area (TPSA) is 53.1 Å². The summed E-state index contributed by atoms with van der Waals surface area (Å²) in [5.41, 5.74) is 1.69. The van der Waals surface area contributed by atoms with Crippen molar-refractivity contribution in [2.75, 3.05) is 53.9 Å². The first-order valence-electron chi connectivity index (χ1n) is 10.3. The molecule has 0 saturated carbocycles. The van der Waals surface area contributed by atoms with E-state index in [1.165, 1.54) is 7.11 Å². The second-order valence-corrected chi connectivity index (χ2v) is 8.61. The number of nitrogens with zero attached hydrogens (tertiary/aromatic N) is 3. The van der Waals surface area contributed by atoms with Gasteiger partial charge >= 0.3 is 0 Å². The standard InChI is InChI=1S/C24H27Cl2N3O3/c1-27(2)10-6-9-22(30)28-11-13-29(14-12-28)24(31)19-15-17(32-3)16-21(26)23(19)18-7-4-5-8-20(18)25/h4-9,15-16H,10-14H2,1-3H3/b9-6+. The summed E-state index contributed by atoms with van der Waals surface area (Å²) in [6, 6.07) is 10.6. The predicted molar refractivity (Wildman–Crippen MR) is 129 cm³/mol. The minimum Gasteiger partial charge on any atom is -0.497 e. The molecule has 0 aromatic heterocycles. The molecule has 8 heteroatoms. The molecule has 0 N–H and O–H groups in total. The van der Waals surface area contributed by atoms with Crippen molar-refractivity contribution in [3.05, 3.63) is 64.2 Å². The van der Waals surface area contributed by atoms with Crippen molar-refractivity contribution in [3.8, 4) is 16.9 Å². The maximum atomic E-state index is 13.5. The fraction of sp³-hybridized carbons (Fsp3) is 0.333. The quantitative estimate of drug-likeness (QED) is 0.590. The zero-order valence-corrected chi connectivity index (χ0v) is 20.0. The number of carbonyl (C=O) groups is 2. The summed E-state index contributed by atoms with van der Waals surface area (Å²) in [7, 11) is 5.42. The maximum absolute atomic E-state index is 13.5. The third kappa shape index (κ3) is 5.63. The molecule has 1 fully saturated rings. The van der Waals surface area contributed by atoms with Gasteiger partial charge in [0.25, 0.3) is 5.91 Å². The minimum atomic E-state index is -0.170. The van der Waals surface area contributed by atoms with E-state index in [1.807, 2.05) is 43.3 Å². The molecule has 1 heterocycles. The average molecular weight is 476 g/mol. The molecule has 3 rings (SSSR count). The van der Waals surface area contributed by atoms with Crippen LogP contribution >= 0.6 is 23.2 Å². The highest BCUT2D eigenvalue weighted by atomic mass is 35.5. The molecule has 0 radical (unpaired) electrons. The van der Waals surface area contributed by atoms with Gasteiger partial charge in [0.1, 0.15) is 5.75 Å². The molecule has 0 aliphatic carbocycles. The first-order valence-corrected chi connectivity index (χ1v) is 11.1. The van der Waals surface area contributed by atoms with Crippen molar-refractivity contribution in [1.82, 2.24) is 14.7 Å². The second kappa shape index (κ2) is 10.9. The monoisotopic (exact) mass is 475 g/mol. The molecule has 170 valence electrons. The van der Waals surface area contributed by atoms with E-state index in [0.717, 1.165) is 0 Å². The van der Waals surface area contributed by atoms with Crippen molar-refractivity contribution in [2.45, 2.75) is 0 Å². The zero-order chi connectivity index (χ0) is 23.3. The van der Waals surface area contributed by atoms with Gasteiger partial charge < -0.3 is 19.4 Å². The van der Waals surface area contributed by atoms with E-state index in [9.17, 15) is 9.59 Å². The Morgan fingerprint density at radius 1 is 1.03 bits per heavy atom. The number of halogens is 2. The van der Waals surface area contributed by atoms with Gasteiger partial charge in [0.05, 0.1) is 17.7 Å². The molecule has 32 heavy (non-hydrogen) atoms. The summed E-state index contributed by atoms with van der Waals surface area (Å²) < 4.78 is 5.34. The Bertz CT molecular complexity index is 1020. The molecular weight excluding hydrogens is 449 g/mol. The van der Waals surface area contributed by atoms with Crippen LogP contribution in [0.5, 0.6) is 5.75 Å². The van der Waals surface area contributed by atoms with Crippen molar-refractivity contribution in [2.24, 2.45) is 0 Å². The Hall–Kier alpha value is -2.54. The molecule has 2 aromatic rings. The summed E-state index contributed by atoms with van der Waals surface area (Å²) >= 11 is 13.0. The number of hydrogen-bond donors (Lipinski definition) is 0. The SMILES string of the molecule is COc1cc(Cl)c(-c2ccccc2Cl)c(C(=O)N2CCN(C(=O)/C=C/CN(C)C)CC2)c1. The Balaban J connectivity index is 1.81. The number of hydrogen-bond acceptors (Lipinski definition) is 4. The molecule has 0 atom stereocenters. The van der Waals surface area contributed by atoms with Crippen LogP contribution in [0.2, 0.25) is 10.0 Å². The molecule has 2 amide bonds. The molecular formula is C24H27Cl2N3O3. The van der Waals surface area contributed by atoms with Crippen molar-refractivity contribution >= 4 is 35.0 Å². The summed E-state index contributed by atoms with van der Waals surface area (Å²) in [6.45, 7) is 2.50. The lowest BCUT2D eigenvalue weighted by molar-refractivity contribution is -0.127. The van der Waals surface area contributed by atoms with Gasteiger partial charge in [0.2, 0.25) is 5.91 Å². The van der Waals surface area contributed by atoms with Gasteiger partial charge in [-0.3, -0.25) is 9.59 Å². The lowest BCUT2D eigenvalue weighted by Crippen LogP contribution is -2.50. The average Bonchev–Trinajstić information content (AvgIpc) is 2.78. The first kappa shape index (κ1) is 24.1. The van der Waals surface area contributed by atoms with Crippen LogP contribution in [0, 0.1) is 0 Å². The van der Waals surface area contributed by atoms with Crippen molar-refractivity contribution in [1.29, 1.82) is 0 Å². The fourth-order valence-electron chi connectivity index (χ4n) is 3.58. The fourth-order valence-corrected chi connectivity index (χ4v) is 4.12. The van der Waals surface area contributed by atoms with E-state index in [-0.39, 0.29) is 11.8 Å². The highest BCUT2D eigenvalue weighted by Gasteiger charge is 2.27. The summed E-state index contributed by atoms with van der Waals surface area (Å²) in [5.74, 6) is 0.282. The summed E-state index contributed by atoms with van der Waals surface area (Å²) in [5, 5.41) is 0.897. The van der Waals surface area contributed by atoms with Crippen LogP contribution in [-0.4, -0.2) is 80.4 Å². The first-order chi connectivity index (χ1) is 15.3. The van der Waals surface area contributed by atoms with Gasteiger partial charge in [-0.1, -0.05) is 47.5 Å². The number of methoxy groups -OCH3 is 1. The maximum Gasteiger partial charge on any atom is 0.254 e. The van der Waals surface area contributed by atoms with Gasteiger partial charge in [-0.15, -0.1) is 0 Å².